The standard InChI is InChI=1S/C19H22FN3O2/c1-14-12-15(5-6-17(14)20)19(25)23-9-3-8-22(10-11-23)18(24)13-16-4-2-7-21-16/h2,4-7,12,21H,3,8-11,13H2,1H3. The van der Waals surface area contributed by atoms with E-state index in [9.17, 15) is 14.0 Å². The summed E-state index contributed by atoms with van der Waals surface area (Å²) >= 11 is 0. The van der Waals surface area contributed by atoms with Crippen LogP contribution in [0, 0.1) is 12.7 Å². The van der Waals surface area contributed by atoms with Gasteiger partial charge in [-0.2, -0.15) is 0 Å². The molecule has 6 heteroatoms. The van der Waals surface area contributed by atoms with Crippen molar-refractivity contribution in [3.63, 3.8) is 0 Å². The Bertz CT molecular complexity index is 758. The maximum Gasteiger partial charge on any atom is 0.253 e. The van der Waals surface area contributed by atoms with Crippen LogP contribution in [0.25, 0.3) is 0 Å². The smallest absolute Gasteiger partial charge is 0.253 e. The van der Waals surface area contributed by atoms with Gasteiger partial charge in [0, 0.05) is 43.6 Å². The summed E-state index contributed by atoms with van der Waals surface area (Å²) in [5.74, 6) is -0.357. The Morgan fingerprint density at radius 1 is 1.12 bits per heavy atom. The number of aromatic amines is 1. The summed E-state index contributed by atoms with van der Waals surface area (Å²) < 4.78 is 13.4. The zero-order valence-electron chi connectivity index (χ0n) is 14.3. The van der Waals surface area contributed by atoms with Crippen molar-refractivity contribution >= 4 is 11.8 Å². The van der Waals surface area contributed by atoms with Crippen molar-refractivity contribution in [2.45, 2.75) is 19.8 Å². The molecule has 5 nitrogen and oxygen atoms in total. The van der Waals surface area contributed by atoms with Crippen molar-refractivity contribution in [3.05, 3.63) is 59.2 Å². The van der Waals surface area contributed by atoms with Crippen LogP contribution in [0.2, 0.25) is 0 Å². The molecule has 0 radical (unpaired) electrons. The lowest BCUT2D eigenvalue weighted by atomic mass is 10.1. The number of hydrogen-bond donors (Lipinski definition) is 1. The molecule has 0 unspecified atom stereocenters. The summed E-state index contributed by atoms with van der Waals surface area (Å²) in [5, 5.41) is 0. The number of hydrogen-bond acceptors (Lipinski definition) is 2. The molecule has 0 saturated carbocycles. The second-order valence-corrected chi connectivity index (χ2v) is 6.36. The van der Waals surface area contributed by atoms with Gasteiger partial charge in [-0.1, -0.05) is 0 Å². The van der Waals surface area contributed by atoms with E-state index in [1.165, 1.54) is 12.1 Å². The molecule has 25 heavy (non-hydrogen) atoms. The first-order valence-electron chi connectivity index (χ1n) is 8.50. The van der Waals surface area contributed by atoms with Gasteiger partial charge in [0.05, 0.1) is 6.42 Å². The van der Waals surface area contributed by atoms with Crippen molar-refractivity contribution in [1.29, 1.82) is 0 Å². The van der Waals surface area contributed by atoms with Gasteiger partial charge in [-0.05, 0) is 49.2 Å². The van der Waals surface area contributed by atoms with Crippen LogP contribution in [-0.4, -0.2) is 52.8 Å². The molecule has 1 aliphatic heterocycles. The molecule has 3 rings (SSSR count). The molecule has 1 aromatic heterocycles. The minimum Gasteiger partial charge on any atom is -0.365 e. The van der Waals surface area contributed by atoms with Gasteiger partial charge in [0.25, 0.3) is 5.91 Å². The van der Waals surface area contributed by atoms with Crippen LogP contribution in [0.3, 0.4) is 0 Å². The third-order valence-corrected chi connectivity index (χ3v) is 4.54. The third-order valence-electron chi connectivity index (χ3n) is 4.54. The number of amides is 2. The first-order valence-corrected chi connectivity index (χ1v) is 8.50. The van der Waals surface area contributed by atoms with Crippen molar-refractivity contribution < 1.29 is 14.0 Å². The highest BCUT2D eigenvalue weighted by atomic mass is 19.1. The summed E-state index contributed by atoms with van der Waals surface area (Å²) in [7, 11) is 0. The Labute approximate surface area is 146 Å². The van der Waals surface area contributed by atoms with Crippen molar-refractivity contribution in [2.75, 3.05) is 26.2 Å². The summed E-state index contributed by atoms with van der Waals surface area (Å²) in [4.78, 5) is 31.6. The molecule has 1 N–H and O–H groups in total. The average molecular weight is 343 g/mol. The highest BCUT2D eigenvalue weighted by Crippen LogP contribution is 2.14. The van der Waals surface area contributed by atoms with Crippen molar-refractivity contribution in [2.24, 2.45) is 0 Å². The first-order chi connectivity index (χ1) is 12.0. The van der Waals surface area contributed by atoms with E-state index in [1.807, 2.05) is 17.0 Å². The number of halogens is 1. The Balaban J connectivity index is 1.61. The van der Waals surface area contributed by atoms with Gasteiger partial charge in [0.2, 0.25) is 5.91 Å². The molecule has 0 spiro atoms. The summed E-state index contributed by atoms with van der Waals surface area (Å²) in [6, 6.07) is 8.19. The SMILES string of the molecule is Cc1cc(C(=O)N2CCCN(C(=O)Cc3ccc[nH]3)CC2)ccc1F. The lowest BCUT2D eigenvalue weighted by molar-refractivity contribution is -0.130. The zero-order valence-corrected chi connectivity index (χ0v) is 14.3. The number of aromatic nitrogens is 1. The zero-order chi connectivity index (χ0) is 17.8. The summed E-state index contributed by atoms with van der Waals surface area (Å²) in [5.41, 5.74) is 1.84. The van der Waals surface area contributed by atoms with E-state index >= 15 is 0 Å². The molecular weight excluding hydrogens is 321 g/mol. The Morgan fingerprint density at radius 3 is 2.60 bits per heavy atom. The van der Waals surface area contributed by atoms with E-state index in [4.69, 9.17) is 0 Å². The molecule has 2 amide bonds. The highest BCUT2D eigenvalue weighted by Gasteiger charge is 2.23. The lowest BCUT2D eigenvalue weighted by Gasteiger charge is -2.22. The molecule has 0 aliphatic carbocycles. The Morgan fingerprint density at radius 2 is 1.88 bits per heavy atom. The van der Waals surface area contributed by atoms with Crippen LogP contribution in [0.5, 0.6) is 0 Å². The normalized spacial score (nSPS) is 15.1. The predicted octanol–water partition coefficient (Wildman–Crippen LogP) is 2.38. The van der Waals surface area contributed by atoms with Crippen LogP contribution in [0.15, 0.2) is 36.5 Å². The maximum atomic E-state index is 13.4. The molecule has 2 heterocycles. The van der Waals surface area contributed by atoms with E-state index in [1.54, 1.807) is 24.1 Å². The summed E-state index contributed by atoms with van der Waals surface area (Å²) in [6.45, 7) is 3.90. The van der Waals surface area contributed by atoms with E-state index in [0.717, 1.165) is 12.1 Å². The fraction of sp³-hybridized carbons (Fsp3) is 0.368. The average Bonchev–Trinajstić information content (AvgIpc) is 2.98. The van der Waals surface area contributed by atoms with E-state index in [0.29, 0.717) is 43.7 Å². The molecule has 2 aromatic rings. The molecule has 1 fully saturated rings. The monoisotopic (exact) mass is 343 g/mol. The first kappa shape index (κ1) is 17.2. The number of nitrogens with one attached hydrogen (secondary N) is 1. The number of carbonyl (C=O) groups is 2. The topological polar surface area (TPSA) is 56.4 Å². The lowest BCUT2D eigenvalue weighted by Crippen LogP contribution is -2.38. The molecular formula is C19H22FN3O2. The second-order valence-electron chi connectivity index (χ2n) is 6.36. The molecule has 132 valence electrons. The number of benzene rings is 1. The van der Waals surface area contributed by atoms with Gasteiger partial charge < -0.3 is 14.8 Å². The summed E-state index contributed by atoms with van der Waals surface area (Å²) in [6.07, 6.45) is 2.89. The van der Waals surface area contributed by atoms with Crippen LogP contribution in [0.1, 0.15) is 28.0 Å². The minimum absolute atomic E-state index is 0.0642. The molecule has 0 bridgehead atoms. The van der Waals surface area contributed by atoms with Gasteiger partial charge in [-0.25, -0.2) is 4.39 Å². The van der Waals surface area contributed by atoms with Gasteiger partial charge in [0.1, 0.15) is 5.82 Å². The number of carbonyl (C=O) groups excluding carboxylic acids is 2. The fourth-order valence-corrected chi connectivity index (χ4v) is 3.08. The quantitative estimate of drug-likeness (QED) is 0.930. The van der Waals surface area contributed by atoms with Gasteiger partial charge in [0.15, 0.2) is 0 Å². The van der Waals surface area contributed by atoms with Crippen LogP contribution in [0.4, 0.5) is 4.39 Å². The van der Waals surface area contributed by atoms with Gasteiger partial charge >= 0.3 is 0 Å². The molecule has 0 atom stereocenters. The Hall–Kier alpha value is -2.63. The van der Waals surface area contributed by atoms with Gasteiger partial charge in [-0.15, -0.1) is 0 Å². The van der Waals surface area contributed by atoms with Crippen LogP contribution in [-0.2, 0) is 11.2 Å². The molecule has 1 aliphatic rings. The van der Waals surface area contributed by atoms with Crippen molar-refractivity contribution in [3.8, 4) is 0 Å². The van der Waals surface area contributed by atoms with E-state index in [-0.39, 0.29) is 17.6 Å². The Kier molecular flexibility index (Phi) is 5.16. The van der Waals surface area contributed by atoms with E-state index in [2.05, 4.69) is 4.98 Å². The predicted molar refractivity (Wildman–Crippen MR) is 92.7 cm³/mol. The number of aryl methyl sites for hydroxylation is 1. The molecule has 1 saturated heterocycles. The number of rotatable bonds is 3. The van der Waals surface area contributed by atoms with Crippen LogP contribution < -0.4 is 0 Å². The second kappa shape index (κ2) is 7.51. The number of H-pyrrole nitrogens is 1. The van der Waals surface area contributed by atoms with Crippen LogP contribution >= 0.6 is 0 Å². The minimum atomic E-state index is -0.312. The maximum absolute atomic E-state index is 13.4. The molecule has 1 aromatic carbocycles. The van der Waals surface area contributed by atoms with E-state index < -0.39 is 0 Å². The van der Waals surface area contributed by atoms with Gasteiger partial charge in [-0.3, -0.25) is 9.59 Å². The number of nitrogens with zero attached hydrogens (tertiary/aromatic N) is 2. The fourth-order valence-electron chi connectivity index (χ4n) is 3.08. The third kappa shape index (κ3) is 4.07. The largest absolute Gasteiger partial charge is 0.365 e. The van der Waals surface area contributed by atoms with Crippen molar-refractivity contribution in [1.82, 2.24) is 14.8 Å². The highest BCUT2D eigenvalue weighted by molar-refractivity contribution is 5.94.